The molecule has 2 aromatic heterocycles. The Bertz CT molecular complexity index is 1200. The van der Waals surface area contributed by atoms with E-state index in [9.17, 15) is 9.59 Å². The Kier molecular flexibility index (Phi) is 6.35. The van der Waals surface area contributed by atoms with Crippen molar-refractivity contribution in [2.75, 3.05) is 32.5 Å². The number of aromatic nitrogens is 2. The number of furan rings is 1. The number of carbonyl (C=O) groups is 2. The van der Waals surface area contributed by atoms with E-state index in [1.54, 1.807) is 11.9 Å². The number of fused-ring (bicyclic) bond motifs is 1. The van der Waals surface area contributed by atoms with Crippen LogP contribution in [0.1, 0.15) is 58.9 Å². The van der Waals surface area contributed by atoms with Crippen LogP contribution < -0.4 is 5.32 Å². The molecule has 1 saturated heterocycles. The maximum absolute atomic E-state index is 13.4. The summed E-state index contributed by atoms with van der Waals surface area (Å²) in [5, 5.41) is 4.07. The second-order valence-electron chi connectivity index (χ2n) is 8.87. The molecule has 1 aliphatic heterocycles. The smallest absolute Gasteiger partial charge is 0.289 e. The fraction of sp³-hybridized carbons (Fsp3) is 0.440. The number of anilines is 1. The Balaban J connectivity index is 1.58. The molecule has 0 bridgehead atoms. The average Bonchev–Trinajstić information content (AvgIpc) is 3.14. The largest absolute Gasteiger partial charge is 0.451 e. The molecule has 3 heterocycles. The predicted molar refractivity (Wildman–Crippen MR) is 127 cm³/mol. The fourth-order valence-corrected chi connectivity index (χ4v) is 4.32. The van der Waals surface area contributed by atoms with E-state index in [1.165, 1.54) is 6.92 Å². The number of likely N-dealkylation sites (tertiary alicyclic amines) is 1. The van der Waals surface area contributed by atoms with E-state index < -0.39 is 0 Å². The number of nitrogens with zero attached hydrogens (tertiary/aromatic N) is 4. The van der Waals surface area contributed by atoms with Crippen molar-refractivity contribution < 1.29 is 14.0 Å². The van der Waals surface area contributed by atoms with Crippen LogP contribution in [0, 0.1) is 13.8 Å². The maximum Gasteiger partial charge on any atom is 0.289 e. The molecule has 2 amide bonds. The number of benzene rings is 1. The van der Waals surface area contributed by atoms with Gasteiger partial charge in [-0.15, -0.1) is 0 Å². The number of aryl methyl sites for hydroxylation is 2. The van der Waals surface area contributed by atoms with E-state index in [4.69, 9.17) is 9.40 Å². The molecule has 1 N–H and O–H groups in total. The SMILES string of the molecule is CNc1cc(CN(C)C(C)=O)nc(C2CCCN(C(=O)c3oc4ccc(C)cc4c3C)C2)n1. The first-order chi connectivity index (χ1) is 15.8. The third kappa shape index (κ3) is 4.69. The van der Waals surface area contributed by atoms with Crippen LogP contribution >= 0.6 is 0 Å². The van der Waals surface area contributed by atoms with Crippen LogP contribution in [-0.2, 0) is 11.3 Å². The molecule has 3 aromatic rings. The van der Waals surface area contributed by atoms with Gasteiger partial charge in [0, 0.05) is 57.0 Å². The van der Waals surface area contributed by atoms with Crippen molar-refractivity contribution in [2.24, 2.45) is 0 Å². The molecule has 33 heavy (non-hydrogen) atoms. The van der Waals surface area contributed by atoms with Gasteiger partial charge < -0.3 is 19.5 Å². The van der Waals surface area contributed by atoms with Crippen LogP contribution in [0.3, 0.4) is 0 Å². The van der Waals surface area contributed by atoms with Crippen molar-refractivity contribution in [3.05, 3.63) is 52.7 Å². The summed E-state index contributed by atoms with van der Waals surface area (Å²) in [4.78, 5) is 38.0. The average molecular weight is 450 g/mol. The Labute approximate surface area is 194 Å². The van der Waals surface area contributed by atoms with E-state index >= 15 is 0 Å². The zero-order chi connectivity index (χ0) is 23.7. The molecule has 1 unspecified atom stereocenters. The van der Waals surface area contributed by atoms with Crippen molar-refractivity contribution in [3.63, 3.8) is 0 Å². The Morgan fingerprint density at radius 3 is 2.76 bits per heavy atom. The first kappa shape index (κ1) is 22.8. The lowest BCUT2D eigenvalue weighted by molar-refractivity contribution is -0.128. The number of hydrogen-bond donors (Lipinski definition) is 1. The van der Waals surface area contributed by atoms with Gasteiger partial charge in [0.05, 0.1) is 12.2 Å². The minimum atomic E-state index is -0.0904. The zero-order valence-corrected chi connectivity index (χ0v) is 19.9. The quantitative estimate of drug-likeness (QED) is 0.636. The van der Waals surface area contributed by atoms with E-state index in [0.29, 0.717) is 37.0 Å². The zero-order valence-electron chi connectivity index (χ0n) is 19.9. The molecule has 0 spiro atoms. The third-order valence-corrected chi connectivity index (χ3v) is 6.35. The molecule has 8 heteroatoms. The summed E-state index contributed by atoms with van der Waals surface area (Å²) in [5.41, 5.74) is 3.52. The van der Waals surface area contributed by atoms with Crippen molar-refractivity contribution in [1.29, 1.82) is 0 Å². The van der Waals surface area contributed by atoms with E-state index in [-0.39, 0.29) is 17.7 Å². The number of carbonyl (C=O) groups excluding carboxylic acids is 2. The van der Waals surface area contributed by atoms with Gasteiger partial charge in [-0.25, -0.2) is 9.97 Å². The standard InChI is InChI=1S/C25H31N5O3/c1-15-8-9-21-20(11-15)16(2)23(33-21)25(32)30-10-6-7-18(13-30)24-27-19(12-22(26-4)28-24)14-29(5)17(3)31/h8-9,11-12,18H,6-7,10,13-14H2,1-5H3,(H,26,27,28). The van der Waals surface area contributed by atoms with E-state index in [1.807, 2.05) is 44.0 Å². The van der Waals surface area contributed by atoms with Crippen molar-refractivity contribution in [2.45, 2.75) is 46.1 Å². The van der Waals surface area contributed by atoms with Gasteiger partial charge in [-0.2, -0.15) is 0 Å². The van der Waals surface area contributed by atoms with Crippen LogP contribution in [0.2, 0.25) is 0 Å². The number of amides is 2. The van der Waals surface area contributed by atoms with Crippen LogP contribution in [0.15, 0.2) is 28.7 Å². The van der Waals surface area contributed by atoms with Crippen LogP contribution in [0.25, 0.3) is 11.0 Å². The molecule has 0 saturated carbocycles. The summed E-state index contributed by atoms with van der Waals surface area (Å²) in [6, 6.07) is 7.82. The minimum Gasteiger partial charge on any atom is -0.451 e. The first-order valence-corrected chi connectivity index (χ1v) is 11.3. The van der Waals surface area contributed by atoms with Gasteiger partial charge in [0.15, 0.2) is 5.76 Å². The minimum absolute atomic E-state index is 0.0179. The normalized spacial score (nSPS) is 16.2. The molecule has 1 aromatic carbocycles. The fourth-order valence-electron chi connectivity index (χ4n) is 4.32. The molecular weight excluding hydrogens is 418 g/mol. The lowest BCUT2D eigenvalue weighted by Crippen LogP contribution is -2.39. The number of piperidine rings is 1. The molecule has 4 rings (SSSR count). The molecule has 1 fully saturated rings. The number of nitrogens with one attached hydrogen (secondary N) is 1. The predicted octanol–water partition coefficient (Wildman–Crippen LogP) is 3.88. The maximum atomic E-state index is 13.4. The lowest BCUT2D eigenvalue weighted by atomic mass is 9.96. The van der Waals surface area contributed by atoms with Gasteiger partial charge in [0.1, 0.15) is 17.2 Å². The Morgan fingerprint density at radius 2 is 2.03 bits per heavy atom. The summed E-state index contributed by atoms with van der Waals surface area (Å²) >= 11 is 0. The summed E-state index contributed by atoms with van der Waals surface area (Å²) < 4.78 is 5.96. The van der Waals surface area contributed by atoms with Crippen LogP contribution in [0.5, 0.6) is 0 Å². The van der Waals surface area contributed by atoms with E-state index in [2.05, 4.69) is 16.4 Å². The molecule has 1 aliphatic rings. The van der Waals surface area contributed by atoms with Gasteiger partial charge in [0.25, 0.3) is 5.91 Å². The highest BCUT2D eigenvalue weighted by molar-refractivity contribution is 5.99. The van der Waals surface area contributed by atoms with Crippen LogP contribution in [-0.4, -0.2) is 58.8 Å². The highest BCUT2D eigenvalue weighted by Gasteiger charge is 2.30. The van der Waals surface area contributed by atoms with Crippen LogP contribution in [0.4, 0.5) is 5.82 Å². The number of rotatable bonds is 5. The van der Waals surface area contributed by atoms with Crippen molar-refractivity contribution >= 4 is 28.6 Å². The summed E-state index contributed by atoms with van der Waals surface area (Å²) in [6.07, 6.45) is 1.77. The van der Waals surface area contributed by atoms with E-state index in [0.717, 1.165) is 40.6 Å². The molecular formula is C25H31N5O3. The third-order valence-electron chi connectivity index (χ3n) is 6.35. The van der Waals surface area contributed by atoms with Gasteiger partial charge >= 0.3 is 0 Å². The highest BCUT2D eigenvalue weighted by atomic mass is 16.3. The second kappa shape index (κ2) is 9.21. The van der Waals surface area contributed by atoms with Gasteiger partial charge in [-0.3, -0.25) is 9.59 Å². The molecule has 174 valence electrons. The lowest BCUT2D eigenvalue weighted by Gasteiger charge is -2.32. The summed E-state index contributed by atoms with van der Waals surface area (Å²) in [5.74, 6) is 1.72. The molecule has 0 aliphatic carbocycles. The monoisotopic (exact) mass is 449 g/mol. The van der Waals surface area contributed by atoms with Crippen molar-refractivity contribution in [3.8, 4) is 0 Å². The van der Waals surface area contributed by atoms with Gasteiger partial charge in [0.2, 0.25) is 5.91 Å². The molecule has 1 atom stereocenters. The summed E-state index contributed by atoms with van der Waals surface area (Å²) in [7, 11) is 3.56. The van der Waals surface area contributed by atoms with Gasteiger partial charge in [-0.1, -0.05) is 11.6 Å². The van der Waals surface area contributed by atoms with Crippen molar-refractivity contribution in [1.82, 2.24) is 19.8 Å². The second-order valence-corrected chi connectivity index (χ2v) is 8.87. The first-order valence-electron chi connectivity index (χ1n) is 11.3. The Hall–Kier alpha value is -3.42. The molecule has 8 nitrogen and oxygen atoms in total. The highest BCUT2D eigenvalue weighted by Crippen LogP contribution is 2.30. The molecule has 0 radical (unpaired) electrons. The van der Waals surface area contributed by atoms with Gasteiger partial charge in [-0.05, 0) is 38.8 Å². The topological polar surface area (TPSA) is 91.6 Å². The summed E-state index contributed by atoms with van der Waals surface area (Å²) in [6.45, 7) is 7.13. The Morgan fingerprint density at radius 1 is 1.24 bits per heavy atom. The number of hydrogen-bond acceptors (Lipinski definition) is 6.